The normalized spacial score (nSPS) is 25.4. The summed E-state index contributed by atoms with van der Waals surface area (Å²) in [5, 5.41) is 0. The van der Waals surface area contributed by atoms with Crippen molar-refractivity contribution in [1.29, 1.82) is 0 Å². The Bertz CT molecular complexity index is 527. The third-order valence-electron chi connectivity index (χ3n) is 4.45. The van der Waals surface area contributed by atoms with Gasteiger partial charge < -0.3 is 4.74 Å². The summed E-state index contributed by atoms with van der Waals surface area (Å²) in [5.74, 6) is 1.33. The second kappa shape index (κ2) is 6.76. The molecule has 3 nitrogen and oxygen atoms in total. The number of nitrogens with zero attached hydrogens (tertiary/aromatic N) is 1. The molecular formula is C18H23NO2. The molecule has 0 bridgehead atoms. The first kappa shape index (κ1) is 15.6. The van der Waals surface area contributed by atoms with Crippen LogP contribution in [0, 0.1) is 24.3 Å². The van der Waals surface area contributed by atoms with Gasteiger partial charge in [0.1, 0.15) is 6.10 Å². The van der Waals surface area contributed by atoms with Crippen LogP contribution in [0.15, 0.2) is 24.3 Å². The molecule has 0 aromatic heterocycles. The standard InChI is InChI=1S/C18H23NO2/c1-12(2)16-10-5-13(3)11-17(16)21-18(20)14-6-8-15(19-4)9-7-14/h6-9,12-13,16-17H,5,10-11H2,1-3H3/t13-,16+,17+/m1/s1/i4+1. The lowest BCUT2D eigenvalue weighted by Gasteiger charge is -2.36. The van der Waals surface area contributed by atoms with Gasteiger partial charge in [-0.05, 0) is 30.6 Å². The second-order valence-electron chi connectivity index (χ2n) is 6.43. The van der Waals surface area contributed by atoms with E-state index in [9.17, 15) is 4.79 Å². The Morgan fingerprint density at radius 3 is 2.52 bits per heavy atom. The molecule has 3 atom stereocenters. The van der Waals surface area contributed by atoms with E-state index in [1.165, 1.54) is 6.42 Å². The van der Waals surface area contributed by atoms with Crippen molar-refractivity contribution in [2.75, 3.05) is 0 Å². The summed E-state index contributed by atoms with van der Waals surface area (Å²) in [6.45, 7) is 13.6. The van der Waals surface area contributed by atoms with Gasteiger partial charge in [-0.3, -0.25) is 0 Å². The first-order chi connectivity index (χ1) is 10.0. The number of benzene rings is 1. The maximum absolute atomic E-state index is 12.3. The zero-order valence-corrected chi connectivity index (χ0v) is 13.0. The van der Waals surface area contributed by atoms with Gasteiger partial charge in [-0.15, -0.1) is 0 Å². The van der Waals surface area contributed by atoms with Crippen LogP contribution in [0.25, 0.3) is 4.85 Å². The van der Waals surface area contributed by atoms with Crippen LogP contribution in [0.2, 0.25) is 0 Å². The van der Waals surface area contributed by atoms with Gasteiger partial charge in [0.15, 0.2) is 5.69 Å². The molecule has 3 heteroatoms. The summed E-state index contributed by atoms with van der Waals surface area (Å²) in [5.41, 5.74) is 1.07. The van der Waals surface area contributed by atoms with Gasteiger partial charge in [0.05, 0.1) is 12.1 Å². The fourth-order valence-corrected chi connectivity index (χ4v) is 3.13. The van der Waals surface area contributed by atoms with Gasteiger partial charge in [-0.1, -0.05) is 51.5 Å². The van der Waals surface area contributed by atoms with Crippen molar-refractivity contribution < 1.29 is 9.53 Å². The molecule has 0 N–H and O–H groups in total. The van der Waals surface area contributed by atoms with Crippen LogP contribution in [-0.2, 0) is 4.74 Å². The first-order valence-electron chi connectivity index (χ1n) is 7.69. The summed E-state index contributed by atoms with van der Waals surface area (Å²) in [4.78, 5) is 15.6. The summed E-state index contributed by atoms with van der Waals surface area (Å²) in [7, 11) is 0. The average molecular weight is 286 g/mol. The number of carbonyl (C=O) groups excluding carboxylic acids is 1. The lowest BCUT2D eigenvalue weighted by atomic mass is 9.75. The quantitative estimate of drug-likeness (QED) is 0.451. The lowest BCUT2D eigenvalue weighted by molar-refractivity contribution is -0.0174. The molecule has 0 heterocycles. The molecule has 0 saturated heterocycles. The number of hydrogen-bond donors (Lipinski definition) is 0. The van der Waals surface area contributed by atoms with Crippen LogP contribution in [-0.4, -0.2) is 12.1 Å². The Morgan fingerprint density at radius 2 is 1.95 bits per heavy atom. The number of ether oxygens (including phenoxy) is 1. The topological polar surface area (TPSA) is 30.7 Å². The van der Waals surface area contributed by atoms with Gasteiger partial charge in [0.25, 0.3) is 0 Å². The Labute approximate surface area is 127 Å². The molecule has 0 unspecified atom stereocenters. The highest BCUT2D eigenvalue weighted by Crippen LogP contribution is 2.35. The monoisotopic (exact) mass is 286 g/mol. The number of carbonyl (C=O) groups is 1. The van der Waals surface area contributed by atoms with E-state index in [1.807, 2.05) is 0 Å². The molecule has 112 valence electrons. The smallest absolute Gasteiger partial charge is 0.338 e. The van der Waals surface area contributed by atoms with Crippen LogP contribution in [0.1, 0.15) is 50.4 Å². The van der Waals surface area contributed by atoms with E-state index in [1.54, 1.807) is 24.3 Å². The molecule has 1 fully saturated rings. The molecule has 1 aromatic rings. The van der Waals surface area contributed by atoms with Crippen molar-refractivity contribution in [2.45, 2.75) is 46.1 Å². The van der Waals surface area contributed by atoms with Crippen molar-refractivity contribution in [2.24, 2.45) is 17.8 Å². The average Bonchev–Trinajstić information content (AvgIpc) is 2.47. The van der Waals surface area contributed by atoms with Gasteiger partial charge in [-0.2, -0.15) is 0 Å². The summed E-state index contributed by atoms with van der Waals surface area (Å²) < 4.78 is 5.78. The predicted molar refractivity (Wildman–Crippen MR) is 83.3 cm³/mol. The van der Waals surface area contributed by atoms with E-state index in [2.05, 4.69) is 25.6 Å². The molecule has 0 amide bonds. The third kappa shape index (κ3) is 3.85. The summed E-state index contributed by atoms with van der Waals surface area (Å²) >= 11 is 0. The highest BCUT2D eigenvalue weighted by atomic mass is 16.5. The molecule has 1 aliphatic carbocycles. The van der Waals surface area contributed by atoms with Crippen molar-refractivity contribution in [3.63, 3.8) is 0 Å². The fraction of sp³-hybridized carbons (Fsp3) is 0.556. The van der Waals surface area contributed by atoms with Gasteiger partial charge in [0.2, 0.25) is 0 Å². The maximum Gasteiger partial charge on any atom is 0.338 e. The number of rotatable bonds is 3. The fourth-order valence-electron chi connectivity index (χ4n) is 3.13. The zero-order chi connectivity index (χ0) is 15.4. The highest BCUT2D eigenvalue weighted by Gasteiger charge is 2.33. The molecule has 0 radical (unpaired) electrons. The highest BCUT2D eigenvalue weighted by molar-refractivity contribution is 5.90. The van der Waals surface area contributed by atoms with Crippen molar-refractivity contribution >= 4 is 11.7 Å². The van der Waals surface area contributed by atoms with Crippen molar-refractivity contribution in [3.05, 3.63) is 41.2 Å². The van der Waals surface area contributed by atoms with Gasteiger partial charge >= 0.3 is 5.97 Å². The Morgan fingerprint density at radius 1 is 1.29 bits per heavy atom. The van der Waals surface area contributed by atoms with E-state index in [-0.39, 0.29) is 12.1 Å². The minimum atomic E-state index is -0.267. The van der Waals surface area contributed by atoms with E-state index in [4.69, 9.17) is 11.3 Å². The molecule has 21 heavy (non-hydrogen) atoms. The minimum Gasteiger partial charge on any atom is -0.458 e. The van der Waals surface area contributed by atoms with E-state index >= 15 is 0 Å². The Hall–Kier alpha value is -1.82. The van der Waals surface area contributed by atoms with Crippen LogP contribution in [0.4, 0.5) is 5.69 Å². The minimum absolute atomic E-state index is 0.0155. The third-order valence-corrected chi connectivity index (χ3v) is 4.45. The number of esters is 1. The van der Waals surface area contributed by atoms with Gasteiger partial charge in [0, 0.05) is 0 Å². The number of hydrogen-bond acceptors (Lipinski definition) is 2. The molecule has 2 rings (SSSR count). The SMILES string of the molecule is CC(C)[C@@H]1CC[C@@H](C)C[C@@H]1OC(=O)c1ccc([N+]#[13C-])cc1. The summed E-state index contributed by atoms with van der Waals surface area (Å²) in [6, 6.07) is 6.67. The van der Waals surface area contributed by atoms with Crippen LogP contribution < -0.4 is 0 Å². The van der Waals surface area contributed by atoms with Crippen molar-refractivity contribution in [1.82, 2.24) is 0 Å². The molecule has 1 aromatic carbocycles. The molecule has 0 aliphatic heterocycles. The Balaban J connectivity index is 2.07. The van der Waals surface area contributed by atoms with Crippen LogP contribution in [0.5, 0.6) is 0 Å². The Kier molecular flexibility index (Phi) is 5.01. The zero-order valence-electron chi connectivity index (χ0n) is 13.0. The summed E-state index contributed by atoms with van der Waals surface area (Å²) in [6.07, 6.45) is 3.32. The largest absolute Gasteiger partial charge is 0.458 e. The molecule has 1 saturated carbocycles. The van der Waals surface area contributed by atoms with E-state index in [0.717, 1.165) is 12.8 Å². The van der Waals surface area contributed by atoms with Crippen LogP contribution >= 0.6 is 0 Å². The first-order valence-corrected chi connectivity index (χ1v) is 7.69. The van der Waals surface area contributed by atoms with E-state index in [0.29, 0.717) is 29.0 Å². The molecule has 0 spiro atoms. The predicted octanol–water partition coefficient (Wildman–Crippen LogP) is 4.85. The van der Waals surface area contributed by atoms with E-state index < -0.39 is 0 Å². The van der Waals surface area contributed by atoms with Crippen molar-refractivity contribution in [3.8, 4) is 0 Å². The van der Waals surface area contributed by atoms with Crippen LogP contribution in [0.3, 0.4) is 0 Å². The van der Waals surface area contributed by atoms with Gasteiger partial charge in [-0.25, -0.2) is 9.64 Å². The molecular weight excluding hydrogens is 263 g/mol. The molecule has 1 aliphatic rings. The maximum atomic E-state index is 12.3. The lowest BCUT2D eigenvalue weighted by Crippen LogP contribution is -2.35. The second-order valence-corrected chi connectivity index (χ2v) is 6.43.